The molecule has 0 aliphatic heterocycles. The maximum absolute atomic E-state index is 12.7. The standard InChI is InChI=1S/C21H20F2N2O4/c1-27-17-10-3-8-15(19(17)29-21(22)23)20(26)25-12-5-13-28-16-9-2-6-14-7-4-11-24-18(14)16/h2-4,6-11,21H,5,12-13H2,1H3,(H,25,26). The van der Waals surface area contributed by atoms with Crippen molar-refractivity contribution >= 4 is 16.8 Å². The SMILES string of the molecule is COc1cccc(C(=O)NCCCOc2cccc3cccnc23)c1OC(F)F. The smallest absolute Gasteiger partial charge is 0.387 e. The van der Waals surface area contributed by atoms with Gasteiger partial charge in [-0.2, -0.15) is 8.78 Å². The number of halogens is 2. The first kappa shape index (κ1) is 20.3. The molecule has 0 radical (unpaired) electrons. The van der Waals surface area contributed by atoms with Crippen molar-refractivity contribution in [3.63, 3.8) is 0 Å². The number of hydrogen-bond donors (Lipinski definition) is 1. The molecule has 2 aromatic carbocycles. The van der Waals surface area contributed by atoms with Crippen LogP contribution in [0.25, 0.3) is 10.9 Å². The second-order valence-corrected chi connectivity index (χ2v) is 6.00. The third-order valence-electron chi connectivity index (χ3n) is 4.11. The van der Waals surface area contributed by atoms with Gasteiger partial charge in [-0.05, 0) is 30.7 Å². The minimum absolute atomic E-state index is 0.0242. The van der Waals surface area contributed by atoms with E-state index in [9.17, 15) is 13.6 Å². The van der Waals surface area contributed by atoms with Crippen molar-refractivity contribution < 1.29 is 27.8 Å². The maximum atomic E-state index is 12.7. The van der Waals surface area contributed by atoms with Crippen molar-refractivity contribution in [1.29, 1.82) is 0 Å². The van der Waals surface area contributed by atoms with E-state index in [1.807, 2.05) is 30.3 Å². The Hall–Kier alpha value is -3.42. The predicted octanol–water partition coefficient (Wildman–Crippen LogP) is 4.04. The third-order valence-corrected chi connectivity index (χ3v) is 4.11. The van der Waals surface area contributed by atoms with Gasteiger partial charge >= 0.3 is 6.61 Å². The Morgan fingerprint density at radius 3 is 2.66 bits per heavy atom. The van der Waals surface area contributed by atoms with E-state index in [-0.39, 0.29) is 17.1 Å². The fraction of sp³-hybridized carbons (Fsp3) is 0.238. The van der Waals surface area contributed by atoms with Crippen molar-refractivity contribution in [3.8, 4) is 17.2 Å². The number of aromatic nitrogens is 1. The molecule has 3 rings (SSSR count). The van der Waals surface area contributed by atoms with Gasteiger partial charge in [0.05, 0.1) is 19.3 Å². The highest BCUT2D eigenvalue weighted by molar-refractivity contribution is 5.97. The van der Waals surface area contributed by atoms with Gasteiger partial charge in [-0.3, -0.25) is 9.78 Å². The van der Waals surface area contributed by atoms with Gasteiger partial charge in [-0.15, -0.1) is 0 Å². The molecule has 0 aliphatic carbocycles. The molecule has 29 heavy (non-hydrogen) atoms. The number of alkyl halides is 2. The molecular weight excluding hydrogens is 382 g/mol. The molecule has 1 N–H and O–H groups in total. The summed E-state index contributed by atoms with van der Waals surface area (Å²) in [6, 6.07) is 13.8. The van der Waals surface area contributed by atoms with Crippen LogP contribution in [0.1, 0.15) is 16.8 Å². The number of carbonyl (C=O) groups is 1. The number of nitrogens with zero attached hydrogens (tertiary/aromatic N) is 1. The largest absolute Gasteiger partial charge is 0.493 e. The lowest BCUT2D eigenvalue weighted by atomic mass is 10.1. The quantitative estimate of drug-likeness (QED) is 0.547. The average Bonchev–Trinajstić information content (AvgIpc) is 2.73. The van der Waals surface area contributed by atoms with Gasteiger partial charge in [0.15, 0.2) is 11.5 Å². The number of rotatable bonds is 9. The van der Waals surface area contributed by atoms with Crippen molar-refractivity contribution in [2.75, 3.05) is 20.3 Å². The number of amides is 1. The first-order chi connectivity index (χ1) is 14.1. The number of fused-ring (bicyclic) bond motifs is 1. The zero-order valence-corrected chi connectivity index (χ0v) is 15.7. The molecule has 0 unspecified atom stereocenters. The summed E-state index contributed by atoms with van der Waals surface area (Å²) in [5.74, 6) is -0.105. The molecule has 0 atom stereocenters. The molecule has 0 saturated heterocycles. The van der Waals surface area contributed by atoms with E-state index in [4.69, 9.17) is 9.47 Å². The summed E-state index contributed by atoms with van der Waals surface area (Å²) < 4.78 is 40.6. The summed E-state index contributed by atoms with van der Waals surface area (Å²) in [6.07, 6.45) is 2.21. The molecule has 1 heterocycles. The zero-order chi connectivity index (χ0) is 20.6. The molecule has 0 spiro atoms. The molecule has 0 bridgehead atoms. The van der Waals surface area contributed by atoms with E-state index in [1.54, 1.807) is 6.20 Å². The molecule has 1 amide bonds. The summed E-state index contributed by atoms with van der Waals surface area (Å²) in [5, 5.41) is 3.65. The van der Waals surface area contributed by atoms with Crippen LogP contribution < -0.4 is 19.5 Å². The number of carbonyl (C=O) groups excluding carboxylic acids is 1. The summed E-state index contributed by atoms with van der Waals surface area (Å²) >= 11 is 0. The van der Waals surface area contributed by atoms with Crippen LogP contribution in [-0.4, -0.2) is 37.8 Å². The fourth-order valence-electron chi connectivity index (χ4n) is 2.81. The number of hydrogen-bond acceptors (Lipinski definition) is 5. The van der Waals surface area contributed by atoms with Crippen LogP contribution in [0, 0.1) is 0 Å². The van der Waals surface area contributed by atoms with Gasteiger partial charge in [-0.25, -0.2) is 0 Å². The van der Waals surface area contributed by atoms with Gasteiger partial charge in [0.25, 0.3) is 5.91 Å². The Morgan fingerprint density at radius 1 is 1.10 bits per heavy atom. The second kappa shape index (κ2) is 9.68. The van der Waals surface area contributed by atoms with Crippen LogP contribution in [0.3, 0.4) is 0 Å². The number of benzene rings is 2. The second-order valence-electron chi connectivity index (χ2n) is 6.00. The van der Waals surface area contributed by atoms with E-state index >= 15 is 0 Å². The Labute approximate surface area is 166 Å². The normalized spacial score (nSPS) is 10.8. The summed E-state index contributed by atoms with van der Waals surface area (Å²) in [6.45, 7) is -2.42. The number of ether oxygens (including phenoxy) is 3. The minimum atomic E-state index is -3.07. The fourth-order valence-corrected chi connectivity index (χ4v) is 2.81. The van der Waals surface area contributed by atoms with Gasteiger partial charge in [0, 0.05) is 18.1 Å². The number of nitrogens with one attached hydrogen (secondary N) is 1. The Kier molecular flexibility index (Phi) is 6.78. The van der Waals surface area contributed by atoms with E-state index in [1.165, 1.54) is 25.3 Å². The molecule has 0 fully saturated rings. The lowest BCUT2D eigenvalue weighted by Crippen LogP contribution is -2.26. The zero-order valence-electron chi connectivity index (χ0n) is 15.7. The summed E-state index contributed by atoms with van der Waals surface area (Å²) in [4.78, 5) is 16.7. The third kappa shape index (κ3) is 5.10. The van der Waals surface area contributed by atoms with E-state index in [0.717, 1.165) is 10.9 Å². The number of pyridine rings is 1. The van der Waals surface area contributed by atoms with Crippen molar-refractivity contribution in [2.24, 2.45) is 0 Å². The van der Waals surface area contributed by atoms with Crippen LogP contribution in [-0.2, 0) is 0 Å². The first-order valence-electron chi connectivity index (χ1n) is 8.96. The monoisotopic (exact) mass is 402 g/mol. The first-order valence-corrected chi connectivity index (χ1v) is 8.96. The average molecular weight is 402 g/mol. The molecule has 1 aromatic heterocycles. The minimum Gasteiger partial charge on any atom is -0.493 e. The molecule has 152 valence electrons. The number of methoxy groups -OCH3 is 1. The lowest BCUT2D eigenvalue weighted by molar-refractivity contribution is -0.0515. The molecule has 0 aliphatic rings. The highest BCUT2D eigenvalue weighted by Crippen LogP contribution is 2.32. The summed E-state index contributed by atoms with van der Waals surface area (Å²) in [7, 11) is 1.31. The van der Waals surface area contributed by atoms with Gasteiger partial charge < -0.3 is 19.5 Å². The van der Waals surface area contributed by atoms with Crippen LogP contribution in [0.5, 0.6) is 17.2 Å². The van der Waals surface area contributed by atoms with Crippen LogP contribution >= 0.6 is 0 Å². The Bertz CT molecular complexity index is 977. The topological polar surface area (TPSA) is 69.7 Å². The maximum Gasteiger partial charge on any atom is 0.387 e. The molecule has 6 nitrogen and oxygen atoms in total. The van der Waals surface area contributed by atoms with E-state index < -0.39 is 12.5 Å². The van der Waals surface area contributed by atoms with Gasteiger partial charge in [0.2, 0.25) is 0 Å². The van der Waals surface area contributed by atoms with Crippen LogP contribution in [0.2, 0.25) is 0 Å². The molecular formula is C21H20F2N2O4. The van der Waals surface area contributed by atoms with Gasteiger partial charge in [0.1, 0.15) is 11.3 Å². The van der Waals surface area contributed by atoms with Crippen molar-refractivity contribution in [1.82, 2.24) is 10.3 Å². The van der Waals surface area contributed by atoms with Crippen molar-refractivity contribution in [3.05, 3.63) is 60.3 Å². The highest BCUT2D eigenvalue weighted by atomic mass is 19.3. The highest BCUT2D eigenvalue weighted by Gasteiger charge is 2.20. The predicted molar refractivity (Wildman–Crippen MR) is 104 cm³/mol. The molecule has 8 heteroatoms. The van der Waals surface area contributed by atoms with Gasteiger partial charge in [-0.1, -0.05) is 24.3 Å². The van der Waals surface area contributed by atoms with Crippen LogP contribution in [0.4, 0.5) is 8.78 Å². The number of para-hydroxylation sites is 2. The Balaban J connectivity index is 1.55. The van der Waals surface area contributed by atoms with Crippen molar-refractivity contribution in [2.45, 2.75) is 13.0 Å². The van der Waals surface area contributed by atoms with E-state index in [0.29, 0.717) is 25.3 Å². The molecule has 0 saturated carbocycles. The Morgan fingerprint density at radius 2 is 1.86 bits per heavy atom. The van der Waals surface area contributed by atoms with E-state index in [2.05, 4.69) is 15.0 Å². The molecule has 3 aromatic rings. The summed E-state index contributed by atoms with van der Waals surface area (Å²) in [5.41, 5.74) is 0.744. The lowest BCUT2D eigenvalue weighted by Gasteiger charge is -2.14. The van der Waals surface area contributed by atoms with Crippen LogP contribution in [0.15, 0.2) is 54.7 Å².